The van der Waals surface area contributed by atoms with Crippen LogP contribution in [0.5, 0.6) is 0 Å². The van der Waals surface area contributed by atoms with Gasteiger partial charge >= 0.3 is 0 Å². The molecular weight excluding hydrogens is 569 g/mol. The van der Waals surface area contributed by atoms with Crippen LogP contribution in [0.25, 0.3) is 98.4 Å². The smallest absolute Gasteiger partial charge is 0.136 e. The van der Waals surface area contributed by atoms with Gasteiger partial charge in [-0.25, -0.2) is 0 Å². The summed E-state index contributed by atoms with van der Waals surface area (Å²) in [6.07, 6.45) is 0. The van der Waals surface area contributed by atoms with Gasteiger partial charge in [-0.1, -0.05) is 140 Å². The topological polar surface area (TPSA) is 13.1 Å². The van der Waals surface area contributed by atoms with Crippen LogP contribution >= 0.6 is 0 Å². The summed E-state index contributed by atoms with van der Waals surface area (Å²) < 4.78 is 6.39. The molecule has 0 aliphatic carbocycles. The fourth-order valence-electron chi connectivity index (χ4n) is 7.75. The predicted molar refractivity (Wildman–Crippen MR) is 200 cm³/mol. The number of furan rings is 1. The Morgan fingerprint density at radius 2 is 0.872 bits per heavy atom. The molecule has 1 heteroatoms. The molecule has 0 radical (unpaired) electrons. The molecule has 0 aliphatic rings. The summed E-state index contributed by atoms with van der Waals surface area (Å²) in [5.74, 6) is 0. The third-order valence-electron chi connectivity index (χ3n) is 9.82. The number of hydrogen-bond acceptors (Lipinski definition) is 1. The van der Waals surface area contributed by atoms with Gasteiger partial charge in [0.2, 0.25) is 0 Å². The second kappa shape index (κ2) is 10.2. The maximum atomic E-state index is 6.39. The van der Waals surface area contributed by atoms with E-state index in [0.29, 0.717) is 0 Å². The van der Waals surface area contributed by atoms with E-state index in [9.17, 15) is 0 Å². The van der Waals surface area contributed by atoms with E-state index < -0.39 is 0 Å². The van der Waals surface area contributed by atoms with E-state index in [1.54, 1.807) is 0 Å². The Morgan fingerprint density at radius 1 is 0.298 bits per heavy atom. The van der Waals surface area contributed by atoms with Crippen LogP contribution in [0.1, 0.15) is 0 Å². The van der Waals surface area contributed by atoms with Crippen LogP contribution in [0.15, 0.2) is 174 Å². The highest BCUT2D eigenvalue weighted by molar-refractivity contribution is 6.25. The van der Waals surface area contributed by atoms with Crippen molar-refractivity contribution in [2.75, 3.05) is 0 Å². The number of fused-ring (bicyclic) bond motifs is 8. The fraction of sp³-hybridized carbons (Fsp3) is 0. The molecule has 9 aromatic carbocycles. The fourth-order valence-corrected chi connectivity index (χ4v) is 7.75. The summed E-state index contributed by atoms with van der Waals surface area (Å²) in [6.45, 7) is 0. The summed E-state index contributed by atoms with van der Waals surface area (Å²) in [5.41, 5.74) is 9.24. The molecular formula is C46H28O. The number of benzene rings is 9. The van der Waals surface area contributed by atoms with Crippen molar-refractivity contribution in [2.45, 2.75) is 0 Å². The second-order valence-corrected chi connectivity index (χ2v) is 12.4. The number of rotatable bonds is 3. The summed E-state index contributed by atoms with van der Waals surface area (Å²) in [5, 5.41) is 12.2. The van der Waals surface area contributed by atoms with Crippen LogP contribution in [-0.4, -0.2) is 0 Å². The molecule has 0 fully saturated rings. The van der Waals surface area contributed by atoms with E-state index in [2.05, 4.69) is 170 Å². The van der Waals surface area contributed by atoms with E-state index in [0.717, 1.165) is 16.6 Å². The first-order chi connectivity index (χ1) is 23.3. The lowest BCUT2D eigenvalue weighted by molar-refractivity contribution is 0.669. The van der Waals surface area contributed by atoms with Crippen molar-refractivity contribution in [3.8, 4) is 33.4 Å². The normalized spacial score (nSPS) is 11.8. The van der Waals surface area contributed by atoms with Crippen LogP contribution in [-0.2, 0) is 0 Å². The van der Waals surface area contributed by atoms with Gasteiger partial charge in [-0.2, -0.15) is 0 Å². The Labute approximate surface area is 271 Å². The molecule has 1 heterocycles. The first kappa shape index (κ1) is 26.1. The van der Waals surface area contributed by atoms with Crippen LogP contribution in [0.4, 0.5) is 0 Å². The first-order valence-electron chi connectivity index (χ1n) is 16.2. The SMILES string of the molecule is c1ccc(-c2cc(-c3c4ccccc4c(-c4ccc5oc6ccc7ccccc7c6c5c4)c4ccccc34)c3ccccc3c2)cc1. The molecule has 0 unspecified atom stereocenters. The molecule has 10 aromatic rings. The molecule has 1 aromatic heterocycles. The summed E-state index contributed by atoms with van der Waals surface area (Å²) in [6, 6.07) is 61.6. The molecule has 0 N–H and O–H groups in total. The van der Waals surface area contributed by atoms with E-state index in [1.807, 2.05) is 0 Å². The van der Waals surface area contributed by atoms with Crippen LogP contribution in [0.3, 0.4) is 0 Å². The lowest BCUT2D eigenvalue weighted by Gasteiger charge is -2.19. The van der Waals surface area contributed by atoms with Crippen molar-refractivity contribution in [1.29, 1.82) is 0 Å². The van der Waals surface area contributed by atoms with E-state index >= 15 is 0 Å². The van der Waals surface area contributed by atoms with Crippen molar-refractivity contribution in [1.82, 2.24) is 0 Å². The summed E-state index contributed by atoms with van der Waals surface area (Å²) in [4.78, 5) is 0. The maximum absolute atomic E-state index is 6.39. The van der Waals surface area contributed by atoms with E-state index in [-0.39, 0.29) is 0 Å². The largest absolute Gasteiger partial charge is 0.456 e. The highest BCUT2D eigenvalue weighted by atomic mass is 16.3. The van der Waals surface area contributed by atoms with Crippen molar-refractivity contribution in [3.63, 3.8) is 0 Å². The van der Waals surface area contributed by atoms with Crippen LogP contribution in [0, 0.1) is 0 Å². The van der Waals surface area contributed by atoms with Crippen molar-refractivity contribution in [2.24, 2.45) is 0 Å². The molecule has 0 bridgehead atoms. The molecule has 47 heavy (non-hydrogen) atoms. The van der Waals surface area contributed by atoms with E-state index in [4.69, 9.17) is 4.42 Å². The molecule has 0 aliphatic heterocycles. The predicted octanol–water partition coefficient (Wildman–Crippen LogP) is 13.2. The van der Waals surface area contributed by atoms with Gasteiger partial charge in [0.25, 0.3) is 0 Å². The van der Waals surface area contributed by atoms with Crippen LogP contribution < -0.4 is 0 Å². The van der Waals surface area contributed by atoms with Gasteiger partial charge in [-0.15, -0.1) is 0 Å². The minimum absolute atomic E-state index is 0.912. The highest BCUT2D eigenvalue weighted by Gasteiger charge is 2.20. The Morgan fingerprint density at radius 3 is 1.60 bits per heavy atom. The lowest BCUT2D eigenvalue weighted by atomic mass is 9.83. The molecule has 10 rings (SSSR count). The summed E-state index contributed by atoms with van der Waals surface area (Å²) >= 11 is 0. The molecule has 0 amide bonds. The monoisotopic (exact) mass is 596 g/mol. The van der Waals surface area contributed by atoms with Gasteiger partial charge in [-0.3, -0.25) is 0 Å². The van der Waals surface area contributed by atoms with Gasteiger partial charge in [0.05, 0.1) is 0 Å². The zero-order valence-electron chi connectivity index (χ0n) is 25.6. The minimum Gasteiger partial charge on any atom is -0.456 e. The minimum atomic E-state index is 0.912. The molecule has 0 spiro atoms. The Kier molecular flexibility index (Phi) is 5.64. The third kappa shape index (κ3) is 3.97. The average molecular weight is 597 g/mol. The molecule has 0 atom stereocenters. The standard InChI is InChI=1S/C46H28O/c1-2-12-29(13-3-1)33-26-31-15-5-6-16-34(31)40(28-33)45-38-20-10-8-18-36(38)44(37-19-9-11-21-39(37)45)32-23-24-42-41(27-32)46-35-17-7-4-14-30(35)22-25-43(46)47-42/h1-28H. The average Bonchev–Trinajstić information content (AvgIpc) is 3.52. The van der Waals surface area contributed by atoms with Crippen molar-refractivity contribution in [3.05, 3.63) is 170 Å². The third-order valence-corrected chi connectivity index (χ3v) is 9.82. The molecule has 1 nitrogen and oxygen atoms in total. The highest BCUT2D eigenvalue weighted by Crippen LogP contribution is 2.47. The molecule has 218 valence electrons. The second-order valence-electron chi connectivity index (χ2n) is 12.4. The Balaban J connectivity index is 1.31. The van der Waals surface area contributed by atoms with Gasteiger partial charge in [0, 0.05) is 10.8 Å². The van der Waals surface area contributed by atoms with Crippen molar-refractivity contribution < 1.29 is 4.42 Å². The van der Waals surface area contributed by atoms with E-state index in [1.165, 1.54) is 81.9 Å². The Bertz CT molecular complexity index is 2780. The van der Waals surface area contributed by atoms with Gasteiger partial charge in [0.1, 0.15) is 11.2 Å². The summed E-state index contributed by atoms with van der Waals surface area (Å²) in [7, 11) is 0. The molecule has 0 saturated heterocycles. The molecule has 0 saturated carbocycles. The zero-order valence-corrected chi connectivity index (χ0v) is 25.6. The van der Waals surface area contributed by atoms with Crippen LogP contribution in [0.2, 0.25) is 0 Å². The quantitative estimate of drug-likeness (QED) is 0.185. The van der Waals surface area contributed by atoms with Gasteiger partial charge in [-0.05, 0) is 107 Å². The Hall–Kier alpha value is -6.18. The van der Waals surface area contributed by atoms with Gasteiger partial charge < -0.3 is 4.42 Å². The first-order valence-corrected chi connectivity index (χ1v) is 16.2. The number of hydrogen-bond donors (Lipinski definition) is 0. The zero-order chi connectivity index (χ0) is 30.9. The lowest BCUT2D eigenvalue weighted by Crippen LogP contribution is -1.92. The van der Waals surface area contributed by atoms with Crippen molar-refractivity contribution >= 4 is 65.0 Å². The maximum Gasteiger partial charge on any atom is 0.136 e. The van der Waals surface area contributed by atoms with Gasteiger partial charge in [0.15, 0.2) is 0 Å².